The highest BCUT2D eigenvalue weighted by atomic mass is 32.1. The largest absolute Gasteiger partial charge is 0.486 e. The second-order valence-corrected chi connectivity index (χ2v) is 6.45. The maximum Gasteiger partial charge on any atom is 0.276 e. The number of thiocarbonyl (C=S) groups is 1. The number of likely N-dealkylation sites (N-methyl/N-ethyl adjacent to an activating group) is 1. The van der Waals surface area contributed by atoms with E-state index in [1.807, 2.05) is 31.3 Å². The van der Waals surface area contributed by atoms with Crippen LogP contribution in [0.25, 0.3) is 6.08 Å². The molecular weight excluding hydrogens is 312 g/mol. The number of benzene rings is 1. The highest BCUT2D eigenvalue weighted by Gasteiger charge is 2.35. The van der Waals surface area contributed by atoms with Crippen LogP contribution in [0.15, 0.2) is 23.9 Å². The smallest absolute Gasteiger partial charge is 0.276 e. The SMILES string of the molecule is CC(C)CN1C(=O)/C(=C\c2ccc3c(c2)OCCO3)N(C)C1=S. The van der Waals surface area contributed by atoms with Crippen molar-refractivity contribution in [2.24, 2.45) is 5.92 Å². The Labute approximate surface area is 141 Å². The van der Waals surface area contributed by atoms with Crippen molar-refractivity contribution in [1.82, 2.24) is 9.80 Å². The lowest BCUT2D eigenvalue weighted by molar-refractivity contribution is -0.122. The van der Waals surface area contributed by atoms with Gasteiger partial charge in [-0.25, -0.2) is 0 Å². The van der Waals surface area contributed by atoms with Crippen LogP contribution in [0.1, 0.15) is 19.4 Å². The van der Waals surface area contributed by atoms with E-state index in [2.05, 4.69) is 13.8 Å². The quantitative estimate of drug-likeness (QED) is 0.628. The van der Waals surface area contributed by atoms with Crippen LogP contribution in [0, 0.1) is 5.92 Å². The molecule has 0 N–H and O–H groups in total. The van der Waals surface area contributed by atoms with Crippen LogP contribution in [0.4, 0.5) is 0 Å². The highest BCUT2D eigenvalue weighted by molar-refractivity contribution is 7.80. The molecule has 5 nitrogen and oxygen atoms in total. The van der Waals surface area contributed by atoms with Crippen molar-refractivity contribution < 1.29 is 14.3 Å². The molecule has 1 saturated heterocycles. The molecule has 1 aromatic carbocycles. The highest BCUT2D eigenvalue weighted by Crippen LogP contribution is 2.32. The number of nitrogens with zero attached hydrogens (tertiary/aromatic N) is 2. The summed E-state index contributed by atoms with van der Waals surface area (Å²) in [5.41, 5.74) is 1.46. The maximum absolute atomic E-state index is 12.6. The van der Waals surface area contributed by atoms with E-state index in [9.17, 15) is 4.79 Å². The summed E-state index contributed by atoms with van der Waals surface area (Å²) in [6.45, 7) is 5.86. The van der Waals surface area contributed by atoms with Crippen LogP contribution in [0.2, 0.25) is 0 Å². The molecule has 2 aliphatic heterocycles. The first-order chi connectivity index (χ1) is 11.0. The number of hydrogen-bond acceptors (Lipinski definition) is 4. The van der Waals surface area contributed by atoms with Crippen molar-refractivity contribution in [1.29, 1.82) is 0 Å². The molecule has 2 heterocycles. The van der Waals surface area contributed by atoms with Crippen molar-refractivity contribution in [3.8, 4) is 11.5 Å². The van der Waals surface area contributed by atoms with Crippen LogP contribution < -0.4 is 9.47 Å². The first kappa shape index (κ1) is 15.8. The van der Waals surface area contributed by atoms with E-state index in [0.717, 1.165) is 11.3 Å². The van der Waals surface area contributed by atoms with Gasteiger partial charge in [0.05, 0.1) is 0 Å². The molecule has 0 aromatic heterocycles. The average Bonchev–Trinajstić information content (AvgIpc) is 2.72. The first-order valence-electron chi connectivity index (χ1n) is 7.68. The molecule has 0 radical (unpaired) electrons. The molecule has 6 heteroatoms. The summed E-state index contributed by atoms with van der Waals surface area (Å²) in [6, 6.07) is 5.66. The minimum atomic E-state index is -0.0545. The molecule has 23 heavy (non-hydrogen) atoms. The van der Waals surface area contributed by atoms with Crippen molar-refractivity contribution >= 4 is 29.3 Å². The number of carbonyl (C=O) groups excluding carboxylic acids is 1. The van der Waals surface area contributed by atoms with Crippen LogP contribution in [-0.4, -0.2) is 47.6 Å². The Morgan fingerprint density at radius 3 is 2.65 bits per heavy atom. The van der Waals surface area contributed by atoms with Gasteiger partial charge in [-0.2, -0.15) is 0 Å². The van der Waals surface area contributed by atoms with E-state index in [1.165, 1.54) is 0 Å². The fraction of sp³-hybridized carbons (Fsp3) is 0.412. The normalized spacial score (nSPS) is 19.2. The monoisotopic (exact) mass is 332 g/mol. The van der Waals surface area contributed by atoms with Crippen LogP contribution in [0.5, 0.6) is 11.5 Å². The number of rotatable bonds is 3. The number of amides is 1. The van der Waals surface area contributed by atoms with Crippen LogP contribution in [0.3, 0.4) is 0 Å². The van der Waals surface area contributed by atoms with Gasteiger partial charge in [0.15, 0.2) is 16.6 Å². The summed E-state index contributed by atoms with van der Waals surface area (Å²) in [5.74, 6) is 1.75. The maximum atomic E-state index is 12.6. The van der Waals surface area contributed by atoms with Crippen molar-refractivity contribution in [2.45, 2.75) is 13.8 Å². The van der Waals surface area contributed by atoms with E-state index in [-0.39, 0.29) is 5.91 Å². The molecule has 0 unspecified atom stereocenters. The lowest BCUT2D eigenvalue weighted by atomic mass is 10.1. The molecule has 1 amide bonds. The van der Waals surface area contributed by atoms with E-state index in [4.69, 9.17) is 21.7 Å². The van der Waals surface area contributed by atoms with Crippen molar-refractivity contribution in [3.05, 3.63) is 29.5 Å². The zero-order chi connectivity index (χ0) is 16.6. The van der Waals surface area contributed by atoms with E-state index in [1.54, 1.807) is 9.80 Å². The molecule has 0 atom stereocenters. The van der Waals surface area contributed by atoms with Crippen LogP contribution >= 0.6 is 12.2 Å². The standard InChI is InChI=1S/C17H20N2O3S/c1-11(2)10-19-16(20)13(18(3)17(19)23)8-12-4-5-14-15(9-12)22-7-6-21-14/h4-5,8-9,11H,6-7,10H2,1-3H3/b13-8+. The van der Waals surface area contributed by atoms with Gasteiger partial charge in [0.1, 0.15) is 18.9 Å². The minimum absolute atomic E-state index is 0.0545. The van der Waals surface area contributed by atoms with Crippen molar-refractivity contribution in [3.63, 3.8) is 0 Å². The van der Waals surface area contributed by atoms with E-state index >= 15 is 0 Å². The lowest BCUT2D eigenvalue weighted by Crippen LogP contribution is -2.34. The fourth-order valence-corrected chi connectivity index (χ4v) is 2.90. The molecule has 0 saturated carbocycles. The van der Waals surface area contributed by atoms with Gasteiger partial charge in [-0.05, 0) is 41.9 Å². The van der Waals surface area contributed by atoms with Gasteiger partial charge in [-0.15, -0.1) is 0 Å². The predicted molar refractivity (Wildman–Crippen MR) is 92.3 cm³/mol. The third-order valence-corrected chi connectivity index (χ3v) is 4.26. The molecule has 1 fully saturated rings. The number of fused-ring (bicyclic) bond motifs is 1. The molecule has 1 aromatic rings. The molecule has 0 bridgehead atoms. The molecule has 122 valence electrons. The Hall–Kier alpha value is -2.08. The molecule has 3 rings (SSSR count). The third kappa shape index (κ3) is 3.03. The topological polar surface area (TPSA) is 42.0 Å². The minimum Gasteiger partial charge on any atom is -0.486 e. The second kappa shape index (κ2) is 6.20. The zero-order valence-electron chi connectivity index (χ0n) is 13.5. The summed E-state index contributed by atoms with van der Waals surface area (Å²) < 4.78 is 11.1. The number of hydrogen-bond donors (Lipinski definition) is 0. The van der Waals surface area contributed by atoms with Crippen molar-refractivity contribution in [2.75, 3.05) is 26.8 Å². The summed E-state index contributed by atoms with van der Waals surface area (Å²) in [7, 11) is 1.82. The van der Waals surface area contributed by atoms with E-state index < -0.39 is 0 Å². The Morgan fingerprint density at radius 2 is 1.96 bits per heavy atom. The van der Waals surface area contributed by atoms with Gasteiger partial charge >= 0.3 is 0 Å². The van der Waals surface area contributed by atoms with Gasteiger partial charge in [0, 0.05) is 13.6 Å². The molecule has 0 spiro atoms. The Kier molecular flexibility index (Phi) is 4.26. The Morgan fingerprint density at radius 1 is 1.26 bits per heavy atom. The lowest BCUT2D eigenvalue weighted by Gasteiger charge is -2.18. The van der Waals surface area contributed by atoms with Crippen LogP contribution in [-0.2, 0) is 4.79 Å². The van der Waals surface area contributed by atoms with E-state index in [0.29, 0.717) is 42.2 Å². The molecular formula is C17H20N2O3S. The van der Waals surface area contributed by atoms with Gasteiger partial charge in [0.2, 0.25) is 0 Å². The third-order valence-electron chi connectivity index (χ3n) is 3.76. The predicted octanol–water partition coefficient (Wildman–Crippen LogP) is 2.51. The Balaban J connectivity index is 1.90. The van der Waals surface area contributed by atoms with Gasteiger partial charge in [-0.3, -0.25) is 9.69 Å². The van der Waals surface area contributed by atoms with Gasteiger partial charge < -0.3 is 14.4 Å². The number of carbonyl (C=O) groups is 1. The average molecular weight is 332 g/mol. The summed E-state index contributed by atoms with van der Waals surface area (Å²) in [5, 5.41) is 0.549. The first-order valence-corrected chi connectivity index (χ1v) is 8.09. The summed E-state index contributed by atoms with van der Waals surface area (Å²) in [4.78, 5) is 16.0. The second-order valence-electron chi connectivity index (χ2n) is 6.08. The summed E-state index contributed by atoms with van der Waals surface area (Å²) in [6.07, 6.45) is 1.84. The summed E-state index contributed by atoms with van der Waals surface area (Å²) >= 11 is 5.39. The van der Waals surface area contributed by atoms with Gasteiger partial charge in [0.25, 0.3) is 5.91 Å². The number of ether oxygens (including phenoxy) is 2. The fourth-order valence-electron chi connectivity index (χ4n) is 2.65. The molecule has 0 aliphatic carbocycles. The molecule has 2 aliphatic rings. The zero-order valence-corrected chi connectivity index (χ0v) is 14.4. The van der Waals surface area contributed by atoms with Gasteiger partial charge in [-0.1, -0.05) is 19.9 Å². The Bertz CT molecular complexity index is 684.